The van der Waals surface area contributed by atoms with Crippen LogP contribution in [0.15, 0.2) is 48.5 Å². The van der Waals surface area contributed by atoms with Crippen molar-refractivity contribution in [3.63, 3.8) is 0 Å². The maximum absolute atomic E-state index is 12.0. The van der Waals surface area contributed by atoms with E-state index < -0.39 is 16.0 Å². The summed E-state index contributed by atoms with van der Waals surface area (Å²) in [5, 5.41) is 21.4. The van der Waals surface area contributed by atoms with Crippen LogP contribution in [0.1, 0.15) is 63.5 Å². The summed E-state index contributed by atoms with van der Waals surface area (Å²) in [6.07, 6.45) is 5.41. The Kier molecular flexibility index (Phi) is 11.0. The van der Waals surface area contributed by atoms with Crippen LogP contribution in [0.4, 0.5) is 16.2 Å². The van der Waals surface area contributed by atoms with Gasteiger partial charge in [-0.3, -0.25) is 20.2 Å². The highest BCUT2D eigenvalue weighted by atomic mass is 16.7. The van der Waals surface area contributed by atoms with Crippen molar-refractivity contribution in [3.8, 4) is 0 Å². The van der Waals surface area contributed by atoms with Gasteiger partial charge in [0.05, 0.1) is 9.85 Å². The number of ether oxygens (including phenoxy) is 2. The summed E-state index contributed by atoms with van der Waals surface area (Å²) < 4.78 is 10.7. The number of benzene rings is 2. The molecular weight excluding hydrogens is 440 g/mol. The molecule has 0 spiro atoms. The molecule has 0 aliphatic heterocycles. The largest absolute Gasteiger partial charge is 0.508 e. The molecule has 9 nitrogen and oxygen atoms in total. The molecule has 2 aromatic rings. The lowest BCUT2D eigenvalue weighted by molar-refractivity contribution is -0.385. The van der Waals surface area contributed by atoms with E-state index in [4.69, 9.17) is 9.47 Å². The SMILES string of the molecule is C[C@@H](CCCCc1ccc([N+](=O)[O-])cc1)OC(=O)O[C@@H](C)CCCCc1ccc([N+](=O)[O-])cc1. The number of carbonyl (C=O) groups is 1. The molecule has 9 heteroatoms. The van der Waals surface area contributed by atoms with Crippen LogP contribution in [-0.2, 0) is 22.3 Å². The Bertz CT molecular complexity index is 854. The van der Waals surface area contributed by atoms with Gasteiger partial charge in [0.1, 0.15) is 12.2 Å². The molecule has 0 saturated carbocycles. The van der Waals surface area contributed by atoms with Crippen LogP contribution in [0, 0.1) is 20.2 Å². The zero-order chi connectivity index (χ0) is 24.9. The minimum Gasteiger partial charge on any atom is -0.431 e. The van der Waals surface area contributed by atoms with E-state index in [0.29, 0.717) is 12.8 Å². The van der Waals surface area contributed by atoms with Crippen LogP contribution in [0.25, 0.3) is 0 Å². The topological polar surface area (TPSA) is 122 Å². The monoisotopic (exact) mass is 472 g/mol. The van der Waals surface area contributed by atoms with E-state index in [-0.39, 0.29) is 23.6 Å². The molecule has 0 fully saturated rings. The minimum atomic E-state index is -0.661. The van der Waals surface area contributed by atoms with Crippen LogP contribution in [0.5, 0.6) is 0 Å². The lowest BCUT2D eigenvalue weighted by atomic mass is 10.1. The molecule has 34 heavy (non-hydrogen) atoms. The standard InChI is InChI=1S/C25H32N2O7/c1-19(7-3-5-9-21-11-15-23(16-12-21)26(29)30)33-25(28)34-20(2)8-4-6-10-22-13-17-24(18-14-22)27(31)32/h11-20H,3-10H2,1-2H3/t19-,20-/m0/s1. The second-order valence-electron chi connectivity index (χ2n) is 8.45. The first-order valence-electron chi connectivity index (χ1n) is 11.6. The number of nitro benzene ring substituents is 2. The maximum Gasteiger partial charge on any atom is 0.508 e. The van der Waals surface area contributed by atoms with Gasteiger partial charge in [0.2, 0.25) is 0 Å². The summed E-state index contributed by atoms with van der Waals surface area (Å²) >= 11 is 0. The van der Waals surface area contributed by atoms with Crippen LogP contribution in [0.2, 0.25) is 0 Å². The van der Waals surface area contributed by atoms with Crippen molar-refractivity contribution in [1.29, 1.82) is 0 Å². The van der Waals surface area contributed by atoms with E-state index in [0.717, 1.165) is 49.7 Å². The molecule has 0 N–H and O–H groups in total. The number of hydrogen-bond donors (Lipinski definition) is 0. The van der Waals surface area contributed by atoms with Gasteiger partial charge in [-0.1, -0.05) is 24.3 Å². The summed E-state index contributed by atoms with van der Waals surface area (Å²) in [5.41, 5.74) is 2.26. The van der Waals surface area contributed by atoms with Gasteiger partial charge >= 0.3 is 6.16 Å². The number of carbonyl (C=O) groups excluding carboxylic acids is 1. The summed E-state index contributed by atoms with van der Waals surface area (Å²) in [6.45, 7) is 3.67. The number of non-ortho nitro benzene ring substituents is 2. The average molecular weight is 473 g/mol. The van der Waals surface area contributed by atoms with Crippen molar-refractivity contribution in [1.82, 2.24) is 0 Å². The number of hydrogen-bond acceptors (Lipinski definition) is 7. The van der Waals surface area contributed by atoms with Crippen LogP contribution in [0.3, 0.4) is 0 Å². The lowest BCUT2D eigenvalue weighted by Crippen LogP contribution is -2.20. The zero-order valence-corrected chi connectivity index (χ0v) is 19.7. The first-order valence-corrected chi connectivity index (χ1v) is 11.6. The fourth-order valence-corrected chi connectivity index (χ4v) is 3.56. The van der Waals surface area contributed by atoms with E-state index in [9.17, 15) is 25.0 Å². The predicted octanol–water partition coefficient (Wildman–Crippen LogP) is 6.56. The summed E-state index contributed by atoms with van der Waals surface area (Å²) in [4.78, 5) is 32.5. The predicted molar refractivity (Wildman–Crippen MR) is 128 cm³/mol. The van der Waals surface area contributed by atoms with E-state index >= 15 is 0 Å². The fraction of sp³-hybridized carbons (Fsp3) is 0.480. The van der Waals surface area contributed by atoms with E-state index in [1.54, 1.807) is 24.3 Å². The maximum atomic E-state index is 12.0. The molecule has 0 aliphatic carbocycles. The van der Waals surface area contributed by atoms with Crippen LogP contribution < -0.4 is 0 Å². The van der Waals surface area contributed by atoms with Gasteiger partial charge < -0.3 is 9.47 Å². The molecule has 184 valence electrons. The van der Waals surface area contributed by atoms with Crippen molar-refractivity contribution in [2.45, 2.75) is 77.4 Å². The second kappa shape index (κ2) is 13.9. The first-order chi connectivity index (χ1) is 16.2. The molecule has 0 unspecified atom stereocenters. The van der Waals surface area contributed by atoms with Crippen molar-refractivity contribution in [2.75, 3.05) is 0 Å². The van der Waals surface area contributed by atoms with Gasteiger partial charge in [-0.25, -0.2) is 4.79 Å². The fourth-order valence-electron chi connectivity index (χ4n) is 3.56. The Hall–Kier alpha value is -3.49. The van der Waals surface area contributed by atoms with Gasteiger partial charge in [-0.2, -0.15) is 0 Å². The van der Waals surface area contributed by atoms with Crippen LogP contribution in [-0.4, -0.2) is 28.2 Å². The molecule has 2 atom stereocenters. The molecule has 0 radical (unpaired) electrons. The molecular formula is C25H32N2O7. The Morgan fingerprint density at radius 1 is 0.706 bits per heavy atom. The van der Waals surface area contributed by atoms with E-state index in [1.807, 2.05) is 13.8 Å². The summed E-state index contributed by atoms with van der Waals surface area (Å²) in [6, 6.07) is 13.1. The van der Waals surface area contributed by atoms with Gasteiger partial charge in [0.15, 0.2) is 0 Å². The normalized spacial score (nSPS) is 12.5. The summed E-state index contributed by atoms with van der Waals surface area (Å²) in [5.74, 6) is 0. The third kappa shape index (κ3) is 9.97. The number of aryl methyl sites for hydroxylation is 2. The molecule has 2 aromatic carbocycles. The quantitative estimate of drug-likeness (QED) is 0.132. The number of nitro groups is 2. The van der Waals surface area contributed by atoms with Gasteiger partial charge in [0, 0.05) is 24.3 Å². The molecule has 0 aliphatic rings. The Morgan fingerprint density at radius 2 is 1.06 bits per heavy atom. The minimum absolute atomic E-state index is 0.0861. The van der Waals surface area contributed by atoms with Gasteiger partial charge in [-0.15, -0.1) is 0 Å². The number of nitrogens with zero attached hydrogens (tertiary/aromatic N) is 2. The Balaban J connectivity index is 1.54. The van der Waals surface area contributed by atoms with E-state index in [2.05, 4.69) is 0 Å². The molecule has 0 heterocycles. The lowest BCUT2D eigenvalue weighted by Gasteiger charge is -2.16. The molecule has 0 aromatic heterocycles. The average Bonchev–Trinajstić information content (AvgIpc) is 2.80. The third-order valence-corrected chi connectivity index (χ3v) is 5.54. The third-order valence-electron chi connectivity index (χ3n) is 5.54. The van der Waals surface area contributed by atoms with Gasteiger partial charge in [0.25, 0.3) is 11.4 Å². The first kappa shape index (κ1) is 26.8. The molecule has 0 bridgehead atoms. The van der Waals surface area contributed by atoms with Gasteiger partial charge in [-0.05, 0) is 76.3 Å². The summed E-state index contributed by atoms with van der Waals surface area (Å²) in [7, 11) is 0. The highest BCUT2D eigenvalue weighted by Crippen LogP contribution is 2.17. The van der Waals surface area contributed by atoms with E-state index in [1.165, 1.54) is 24.3 Å². The molecule has 0 saturated heterocycles. The molecule has 2 rings (SSSR count). The second-order valence-corrected chi connectivity index (χ2v) is 8.45. The Morgan fingerprint density at radius 3 is 1.38 bits per heavy atom. The van der Waals surface area contributed by atoms with Crippen molar-refractivity contribution in [3.05, 3.63) is 79.9 Å². The van der Waals surface area contributed by atoms with Crippen molar-refractivity contribution in [2.24, 2.45) is 0 Å². The number of unbranched alkanes of at least 4 members (excludes halogenated alkanes) is 2. The highest BCUT2D eigenvalue weighted by Gasteiger charge is 2.14. The van der Waals surface area contributed by atoms with Crippen LogP contribution >= 0.6 is 0 Å². The number of rotatable bonds is 14. The van der Waals surface area contributed by atoms with Crippen molar-refractivity contribution < 1.29 is 24.1 Å². The molecule has 0 amide bonds. The van der Waals surface area contributed by atoms with Crippen molar-refractivity contribution >= 4 is 17.5 Å². The smallest absolute Gasteiger partial charge is 0.431 e. The highest BCUT2D eigenvalue weighted by molar-refractivity contribution is 5.60. The zero-order valence-electron chi connectivity index (χ0n) is 19.7. The Labute approximate surface area is 199 Å².